The molecule has 0 aliphatic rings. The van der Waals surface area contributed by atoms with Crippen LogP contribution in [0.4, 0.5) is 0 Å². The average Bonchev–Trinajstić information content (AvgIpc) is 2.66. The minimum atomic E-state index is -1.01. The zero-order valence-electron chi connectivity index (χ0n) is 15.0. The van der Waals surface area contributed by atoms with E-state index in [2.05, 4.69) is 12.2 Å². The van der Waals surface area contributed by atoms with Crippen LogP contribution in [0.1, 0.15) is 28.4 Å². The Kier molecular flexibility index (Phi) is 7.02. The van der Waals surface area contributed by atoms with E-state index in [4.69, 9.17) is 14.6 Å². The number of carboxylic acids is 1. The van der Waals surface area contributed by atoms with E-state index in [0.29, 0.717) is 24.5 Å². The maximum Gasteiger partial charge on any atom is 0.335 e. The number of ether oxygens (including phenoxy) is 2. The Morgan fingerprint density at radius 1 is 1.12 bits per heavy atom. The van der Waals surface area contributed by atoms with Crippen LogP contribution in [0.5, 0.6) is 11.5 Å². The van der Waals surface area contributed by atoms with Crippen molar-refractivity contribution in [1.29, 1.82) is 0 Å². The number of benzene rings is 2. The lowest BCUT2D eigenvalue weighted by Crippen LogP contribution is -2.30. The molecule has 0 unspecified atom stereocenters. The number of aryl methyl sites for hydroxylation is 1. The van der Waals surface area contributed by atoms with Gasteiger partial charge in [0.15, 0.2) is 6.61 Å². The fourth-order valence-electron chi connectivity index (χ4n) is 2.44. The summed E-state index contributed by atoms with van der Waals surface area (Å²) in [6.45, 7) is 2.42. The van der Waals surface area contributed by atoms with E-state index in [0.717, 1.165) is 12.0 Å². The molecule has 0 aromatic heterocycles. The van der Waals surface area contributed by atoms with Gasteiger partial charge >= 0.3 is 5.97 Å². The lowest BCUT2D eigenvalue weighted by atomic mass is 10.1. The van der Waals surface area contributed by atoms with E-state index in [1.54, 1.807) is 6.07 Å². The van der Waals surface area contributed by atoms with Crippen LogP contribution >= 0.6 is 0 Å². The molecule has 0 atom stereocenters. The molecule has 1 amide bonds. The molecular formula is C20H23NO5. The molecule has 6 nitrogen and oxygen atoms in total. The van der Waals surface area contributed by atoms with E-state index in [9.17, 15) is 9.59 Å². The van der Waals surface area contributed by atoms with Crippen molar-refractivity contribution in [1.82, 2.24) is 5.32 Å². The maximum absolute atomic E-state index is 11.9. The summed E-state index contributed by atoms with van der Waals surface area (Å²) in [5.74, 6) is -0.0762. The van der Waals surface area contributed by atoms with Gasteiger partial charge in [0.1, 0.15) is 11.5 Å². The number of methoxy groups -OCH3 is 1. The molecule has 0 radical (unpaired) electrons. The van der Waals surface area contributed by atoms with Crippen molar-refractivity contribution in [3.05, 3.63) is 59.2 Å². The first-order chi connectivity index (χ1) is 12.5. The summed E-state index contributed by atoms with van der Waals surface area (Å²) in [7, 11) is 1.49. The van der Waals surface area contributed by atoms with E-state index >= 15 is 0 Å². The van der Waals surface area contributed by atoms with E-state index in [-0.39, 0.29) is 18.1 Å². The Bertz CT molecular complexity index is 755. The summed E-state index contributed by atoms with van der Waals surface area (Å²) < 4.78 is 10.7. The Balaban J connectivity index is 1.79. The van der Waals surface area contributed by atoms with Crippen molar-refractivity contribution in [2.24, 2.45) is 0 Å². The first kappa shape index (κ1) is 19.3. The van der Waals surface area contributed by atoms with Crippen molar-refractivity contribution in [3.8, 4) is 11.5 Å². The Hall–Kier alpha value is -3.02. The summed E-state index contributed by atoms with van der Waals surface area (Å²) in [6.07, 6.45) is 1.48. The van der Waals surface area contributed by atoms with E-state index in [1.807, 2.05) is 24.3 Å². The highest BCUT2D eigenvalue weighted by Crippen LogP contribution is 2.20. The lowest BCUT2D eigenvalue weighted by molar-refractivity contribution is -0.123. The lowest BCUT2D eigenvalue weighted by Gasteiger charge is -2.11. The third-order valence-corrected chi connectivity index (χ3v) is 3.95. The molecular weight excluding hydrogens is 334 g/mol. The molecule has 2 aromatic rings. The number of rotatable bonds is 9. The van der Waals surface area contributed by atoms with Gasteiger partial charge in [-0.1, -0.05) is 25.1 Å². The number of hydrogen-bond donors (Lipinski definition) is 2. The first-order valence-electron chi connectivity index (χ1n) is 8.42. The fraction of sp³-hybridized carbons (Fsp3) is 0.300. The van der Waals surface area contributed by atoms with E-state index < -0.39 is 5.97 Å². The normalized spacial score (nSPS) is 10.2. The number of amides is 1. The predicted octanol–water partition coefficient (Wildman–Crippen LogP) is 2.69. The highest BCUT2D eigenvalue weighted by Gasteiger charge is 2.09. The number of carbonyl (C=O) groups is 2. The molecule has 0 fully saturated rings. The molecule has 138 valence electrons. The SMILES string of the molecule is CCc1ccc(OCC(=O)NCCc2ccc(C(=O)O)cc2OC)cc1. The molecule has 0 saturated carbocycles. The second-order valence-corrected chi connectivity index (χ2v) is 5.72. The predicted molar refractivity (Wildman–Crippen MR) is 98.0 cm³/mol. The molecule has 2 rings (SSSR count). The first-order valence-corrected chi connectivity index (χ1v) is 8.42. The van der Waals surface area contributed by atoms with Gasteiger partial charge in [0, 0.05) is 6.54 Å². The quantitative estimate of drug-likeness (QED) is 0.721. The number of aromatic carboxylic acids is 1. The average molecular weight is 357 g/mol. The standard InChI is InChI=1S/C20H23NO5/c1-3-14-4-8-17(9-5-14)26-13-19(22)21-11-10-15-6-7-16(20(23)24)12-18(15)25-2/h4-9,12H,3,10-11,13H2,1-2H3,(H,21,22)(H,23,24). The Labute approximate surface area is 152 Å². The summed E-state index contributed by atoms with van der Waals surface area (Å²) in [4.78, 5) is 22.9. The van der Waals surface area contributed by atoms with Gasteiger partial charge in [0.2, 0.25) is 0 Å². The molecule has 6 heteroatoms. The van der Waals surface area contributed by atoms with Gasteiger partial charge < -0.3 is 19.9 Å². The van der Waals surface area contributed by atoms with Crippen molar-refractivity contribution in [3.63, 3.8) is 0 Å². The zero-order valence-corrected chi connectivity index (χ0v) is 15.0. The topological polar surface area (TPSA) is 84.9 Å². The largest absolute Gasteiger partial charge is 0.496 e. The van der Waals surface area contributed by atoms with Crippen LogP contribution in [0, 0.1) is 0 Å². The van der Waals surface area contributed by atoms with Gasteiger partial charge in [-0.3, -0.25) is 4.79 Å². The van der Waals surface area contributed by atoms with E-state index in [1.165, 1.54) is 24.8 Å². The van der Waals surface area contributed by atoms with Crippen molar-refractivity contribution < 1.29 is 24.2 Å². The number of carbonyl (C=O) groups excluding carboxylic acids is 1. The summed E-state index contributed by atoms with van der Waals surface area (Å²) >= 11 is 0. The summed E-state index contributed by atoms with van der Waals surface area (Å²) in [5, 5.41) is 11.8. The van der Waals surface area contributed by atoms with Crippen LogP contribution in [0.2, 0.25) is 0 Å². The van der Waals surface area contributed by atoms with Crippen LogP contribution in [0.25, 0.3) is 0 Å². The third kappa shape index (κ3) is 5.51. The van der Waals surface area contributed by atoms with Crippen molar-refractivity contribution in [2.45, 2.75) is 19.8 Å². The van der Waals surface area contributed by atoms with Gasteiger partial charge in [-0.15, -0.1) is 0 Å². The molecule has 0 bridgehead atoms. The molecule has 0 saturated heterocycles. The summed E-state index contributed by atoms with van der Waals surface area (Å²) in [6, 6.07) is 12.3. The smallest absolute Gasteiger partial charge is 0.335 e. The minimum Gasteiger partial charge on any atom is -0.496 e. The molecule has 0 aliphatic heterocycles. The van der Waals surface area contributed by atoms with Crippen LogP contribution in [-0.4, -0.2) is 37.2 Å². The van der Waals surface area contributed by atoms with Crippen LogP contribution in [0.15, 0.2) is 42.5 Å². The number of carboxylic acid groups (broad SMARTS) is 1. The van der Waals surface area contributed by atoms with Crippen molar-refractivity contribution >= 4 is 11.9 Å². The molecule has 2 N–H and O–H groups in total. The number of nitrogens with one attached hydrogen (secondary N) is 1. The maximum atomic E-state index is 11.9. The Morgan fingerprint density at radius 2 is 1.85 bits per heavy atom. The van der Waals surface area contributed by atoms with Crippen LogP contribution < -0.4 is 14.8 Å². The van der Waals surface area contributed by atoms with Crippen LogP contribution in [0.3, 0.4) is 0 Å². The minimum absolute atomic E-state index is 0.0550. The Morgan fingerprint density at radius 3 is 2.46 bits per heavy atom. The molecule has 2 aromatic carbocycles. The van der Waals surface area contributed by atoms with Gasteiger partial charge in [-0.05, 0) is 48.2 Å². The second kappa shape index (κ2) is 9.46. The molecule has 26 heavy (non-hydrogen) atoms. The fourth-order valence-corrected chi connectivity index (χ4v) is 2.44. The zero-order chi connectivity index (χ0) is 18.9. The summed E-state index contributed by atoms with van der Waals surface area (Å²) in [5.41, 5.74) is 2.20. The molecule has 0 aliphatic carbocycles. The molecule has 0 spiro atoms. The van der Waals surface area contributed by atoms with Gasteiger partial charge in [-0.25, -0.2) is 4.79 Å². The second-order valence-electron chi connectivity index (χ2n) is 5.72. The highest BCUT2D eigenvalue weighted by molar-refractivity contribution is 5.88. The highest BCUT2D eigenvalue weighted by atomic mass is 16.5. The van der Waals surface area contributed by atoms with Crippen LogP contribution in [-0.2, 0) is 17.6 Å². The number of hydrogen-bond acceptors (Lipinski definition) is 4. The van der Waals surface area contributed by atoms with Gasteiger partial charge in [0.05, 0.1) is 12.7 Å². The van der Waals surface area contributed by atoms with Crippen molar-refractivity contribution in [2.75, 3.05) is 20.3 Å². The van der Waals surface area contributed by atoms with Gasteiger partial charge in [0.25, 0.3) is 5.91 Å². The van der Waals surface area contributed by atoms with Gasteiger partial charge in [-0.2, -0.15) is 0 Å². The third-order valence-electron chi connectivity index (χ3n) is 3.95. The monoisotopic (exact) mass is 357 g/mol. The molecule has 0 heterocycles.